The van der Waals surface area contributed by atoms with Crippen LogP contribution in [0, 0.1) is 0 Å². The van der Waals surface area contributed by atoms with Gasteiger partial charge in [-0.05, 0) is 19.1 Å². The number of carbonyl (C=O) groups is 1. The summed E-state index contributed by atoms with van der Waals surface area (Å²) in [6, 6.07) is 16.0. The molecule has 2 aromatic carbocycles. The Morgan fingerprint density at radius 1 is 1.12 bits per heavy atom. The maximum absolute atomic E-state index is 12.5. The molecule has 1 aliphatic heterocycles. The molecule has 7 nitrogen and oxygen atoms in total. The van der Waals surface area contributed by atoms with E-state index in [1.54, 1.807) is 48.5 Å². The van der Waals surface area contributed by atoms with E-state index in [1.807, 2.05) is 6.07 Å². The van der Waals surface area contributed by atoms with Crippen LogP contribution in [0.2, 0.25) is 0 Å². The van der Waals surface area contributed by atoms with Crippen molar-refractivity contribution in [1.29, 1.82) is 0 Å². The van der Waals surface area contributed by atoms with Gasteiger partial charge in [0, 0.05) is 16.8 Å². The van der Waals surface area contributed by atoms with E-state index in [0.29, 0.717) is 16.8 Å². The third kappa shape index (κ3) is 2.20. The normalized spacial score (nSPS) is 18.0. The number of para-hydroxylation sites is 1. The molecule has 0 bridgehead atoms. The maximum Gasteiger partial charge on any atom is 0.352 e. The number of hydrogen-bond acceptors (Lipinski definition) is 5. The van der Waals surface area contributed by atoms with Gasteiger partial charge in [0.05, 0.1) is 0 Å². The largest absolute Gasteiger partial charge is 0.478 e. The lowest BCUT2D eigenvalue weighted by atomic mass is 10.0. The number of rotatable bonds is 2. The molecule has 2 N–H and O–H groups in total. The van der Waals surface area contributed by atoms with Gasteiger partial charge in [-0.25, -0.2) is 9.48 Å². The number of hydrogen-bond donors (Lipinski definition) is 2. The first-order valence-electron chi connectivity index (χ1n) is 7.69. The topological polar surface area (TPSA) is 97.1 Å². The van der Waals surface area contributed by atoms with Crippen molar-refractivity contribution >= 4 is 11.7 Å². The maximum atomic E-state index is 12.5. The zero-order valence-electron chi connectivity index (χ0n) is 13.3. The number of benzene rings is 2. The Morgan fingerprint density at radius 3 is 2.52 bits per heavy atom. The summed E-state index contributed by atoms with van der Waals surface area (Å²) in [6.45, 7) is 1.49. The van der Waals surface area contributed by atoms with Gasteiger partial charge in [0.25, 0.3) is 5.56 Å². The minimum absolute atomic E-state index is 0.109. The van der Waals surface area contributed by atoms with Gasteiger partial charge in [0.2, 0.25) is 5.66 Å². The molecule has 3 aromatic rings. The van der Waals surface area contributed by atoms with Crippen LogP contribution >= 0.6 is 0 Å². The Labute approximate surface area is 142 Å². The summed E-state index contributed by atoms with van der Waals surface area (Å²) in [5.74, 6) is -0.899. The Kier molecular flexibility index (Phi) is 3.18. The van der Waals surface area contributed by atoms with Crippen LogP contribution in [0.25, 0.3) is 22.6 Å². The molecule has 0 saturated heterocycles. The predicted molar refractivity (Wildman–Crippen MR) is 92.1 cm³/mol. The van der Waals surface area contributed by atoms with Crippen LogP contribution < -0.4 is 10.9 Å². The summed E-state index contributed by atoms with van der Waals surface area (Å²) in [5.41, 5.74) is -0.144. The Bertz CT molecular complexity index is 1050. The molecular weight excluding hydrogens is 320 g/mol. The molecule has 0 aliphatic carbocycles. The summed E-state index contributed by atoms with van der Waals surface area (Å²) in [7, 11) is 0. The van der Waals surface area contributed by atoms with Crippen LogP contribution in [0.5, 0.6) is 0 Å². The second kappa shape index (κ2) is 5.27. The van der Waals surface area contributed by atoms with Crippen molar-refractivity contribution in [3.8, 4) is 22.6 Å². The molecule has 25 heavy (non-hydrogen) atoms. The molecule has 0 spiro atoms. The van der Waals surface area contributed by atoms with Gasteiger partial charge >= 0.3 is 5.97 Å². The number of nitrogens with zero attached hydrogens (tertiary/aromatic N) is 3. The minimum Gasteiger partial charge on any atom is -0.478 e. The van der Waals surface area contributed by atoms with E-state index in [9.17, 15) is 14.7 Å². The van der Waals surface area contributed by atoms with Gasteiger partial charge in [-0.3, -0.25) is 4.79 Å². The van der Waals surface area contributed by atoms with Crippen molar-refractivity contribution in [2.75, 3.05) is 5.32 Å². The zero-order valence-corrected chi connectivity index (χ0v) is 13.3. The SMILES string of the molecule is CC1(C(=O)O)Nc2ccccc2-c2nc(=O)c(-c3ccccc3)nn21. The molecule has 1 atom stereocenters. The molecule has 4 rings (SSSR count). The van der Waals surface area contributed by atoms with Crippen LogP contribution in [0.4, 0.5) is 5.69 Å². The Hall–Kier alpha value is -3.48. The van der Waals surface area contributed by atoms with E-state index in [1.165, 1.54) is 11.6 Å². The molecule has 0 radical (unpaired) electrons. The van der Waals surface area contributed by atoms with Gasteiger partial charge in [-0.1, -0.05) is 42.5 Å². The van der Waals surface area contributed by atoms with Crippen molar-refractivity contribution in [2.45, 2.75) is 12.6 Å². The van der Waals surface area contributed by atoms with Gasteiger partial charge < -0.3 is 10.4 Å². The average Bonchev–Trinajstić information content (AvgIpc) is 2.62. The minimum atomic E-state index is -1.56. The van der Waals surface area contributed by atoms with E-state index in [-0.39, 0.29) is 11.5 Å². The summed E-state index contributed by atoms with van der Waals surface area (Å²) in [4.78, 5) is 28.6. The van der Waals surface area contributed by atoms with Gasteiger partial charge in [-0.15, -0.1) is 0 Å². The predicted octanol–water partition coefficient (Wildman–Crippen LogP) is 2.16. The number of anilines is 1. The highest BCUT2D eigenvalue weighted by atomic mass is 16.4. The van der Waals surface area contributed by atoms with Gasteiger partial charge in [-0.2, -0.15) is 10.1 Å². The number of fused-ring (bicyclic) bond motifs is 3. The smallest absolute Gasteiger partial charge is 0.352 e. The summed E-state index contributed by atoms with van der Waals surface area (Å²) in [6.07, 6.45) is 0. The van der Waals surface area contributed by atoms with E-state index < -0.39 is 17.2 Å². The fourth-order valence-electron chi connectivity index (χ4n) is 2.90. The molecule has 124 valence electrons. The number of carboxylic acid groups (broad SMARTS) is 1. The third-order valence-corrected chi connectivity index (χ3v) is 4.24. The summed E-state index contributed by atoms with van der Waals surface area (Å²) in [5, 5.41) is 17.1. The number of aliphatic carboxylic acids is 1. The van der Waals surface area contributed by atoms with Crippen LogP contribution in [0.15, 0.2) is 59.4 Å². The quantitative estimate of drug-likeness (QED) is 0.745. The van der Waals surface area contributed by atoms with E-state index >= 15 is 0 Å². The molecular formula is C18H14N4O3. The third-order valence-electron chi connectivity index (χ3n) is 4.24. The lowest BCUT2D eigenvalue weighted by molar-refractivity contribution is -0.145. The number of carboxylic acids is 1. The highest BCUT2D eigenvalue weighted by molar-refractivity contribution is 5.87. The summed E-state index contributed by atoms with van der Waals surface area (Å²) >= 11 is 0. The van der Waals surface area contributed by atoms with Crippen molar-refractivity contribution < 1.29 is 9.90 Å². The molecule has 0 saturated carbocycles. The highest BCUT2D eigenvalue weighted by Crippen LogP contribution is 2.36. The average molecular weight is 334 g/mol. The van der Waals surface area contributed by atoms with E-state index in [2.05, 4.69) is 15.4 Å². The van der Waals surface area contributed by atoms with E-state index in [4.69, 9.17) is 0 Å². The van der Waals surface area contributed by atoms with Crippen molar-refractivity contribution in [1.82, 2.24) is 14.8 Å². The van der Waals surface area contributed by atoms with Crippen molar-refractivity contribution in [3.63, 3.8) is 0 Å². The second-order valence-corrected chi connectivity index (χ2v) is 5.91. The van der Waals surface area contributed by atoms with Crippen LogP contribution in [-0.2, 0) is 10.5 Å². The number of nitrogens with one attached hydrogen (secondary N) is 1. The first-order valence-corrected chi connectivity index (χ1v) is 7.69. The second-order valence-electron chi connectivity index (χ2n) is 5.91. The fraction of sp³-hybridized carbons (Fsp3) is 0.111. The Morgan fingerprint density at radius 2 is 1.80 bits per heavy atom. The molecule has 0 amide bonds. The van der Waals surface area contributed by atoms with Crippen LogP contribution in [-0.4, -0.2) is 25.8 Å². The first kappa shape index (κ1) is 15.1. The Balaban J connectivity index is 2.05. The zero-order chi connectivity index (χ0) is 17.6. The summed E-state index contributed by atoms with van der Waals surface area (Å²) < 4.78 is 1.27. The fourth-order valence-corrected chi connectivity index (χ4v) is 2.90. The number of aromatic nitrogens is 3. The van der Waals surface area contributed by atoms with Crippen molar-refractivity contribution in [2.24, 2.45) is 0 Å². The molecule has 7 heteroatoms. The molecule has 1 aliphatic rings. The molecule has 2 heterocycles. The molecule has 1 unspecified atom stereocenters. The molecule has 1 aromatic heterocycles. The van der Waals surface area contributed by atoms with Crippen LogP contribution in [0.1, 0.15) is 6.92 Å². The van der Waals surface area contributed by atoms with Crippen molar-refractivity contribution in [3.05, 3.63) is 65.0 Å². The lowest BCUT2D eigenvalue weighted by Crippen LogP contribution is -2.51. The van der Waals surface area contributed by atoms with Gasteiger partial charge in [0.15, 0.2) is 11.5 Å². The van der Waals surface area contributed by atoms with E-state index in [0.717, 1.165) is 0 Å². The van der Waals surface area contributed by atoms with Crippen LogP contribution in [0.3, 0.4) is 0 Å². The molecule has 0 fully saturated rings. The lowest BCUT2D eigenvalue weighted by Gasteiger charge is -2.35. The standard InChI is InChI=1S/C18H14N4O3/c1-18(17(24)25)20-13-10-6-5-9-12(13)15-19-16(23)14(21-22(15)18)11-7-3-2-4-8-11/h2-10,20H,1H3,(H,24,25). The highest BCUT2D eigenvalue weighted by Gasteiger charge is 2.42. The monoisotopic (exact) mass is 334 g/mol. The van der Waals surface area contributed by atoms with Gasteiger partial charge in [0.1, 0.15) is 0 Å². The first-order chi connectivity index (χ1) is 12.0.